The molecule has 0 bridgehead atoms. The van der Waals surface area contributed by atoms with E-state index in [-0.39, 0.29) is 11.1 Å². The Morgan fingerprint density at radius 2 is 0.931 bits per heavy atom. The highest BCUT2D eigenvalue weighted by atomic mass is 16.5. The summed E-state index contributed by atoms with van der Waals surface area (Å²) in [5.41, 5.74) is 1.86. The molecule has 8 heteroatoms. The zero-order valence-electron chi connectivity index (χ0n) is 17.3. The lowest BCUT2D eigenvalue weighted by molar-refractivity contribution is 0.0588. The van der Waals surface area contributed by atoms with Crippen molar-refractivity contribution in [1.82, 2.24) is 0 Å². The molecule has 0 aliphatic carbocycles. The van der Waals surface area contributed by atoms with Gasteiger partial charge in [-0.05, 0) is 23.3 Å². The van der Waals surface area contributed by atoms with Gasteiger partial charge in [-0.25, -0.2) is 9.59 Å². The minimum Gasteiger partial charge on any atom is -0.496 e. The largest absolute Gasteiger partial charge is 0.496 e. The molecule has 0 aromatic heterocycles. The highest BCUT2D eigenvalue weighted by Crippen LogP contribution is 2.35. The summed E-state index contributed by atoms with van der Waals surface area (Å²) in [7, 11) is 8.52. The van der Waals surface area contributed by atoms with Gasteiger partial charge in [-0.15, -0.1) is 0 Å². The summed E-state index contributed by atoms with van der Waals surface area (Å²) in [6, 6.07) is 6.48. The van der Waals surface area contributed by atoms with Crippen molar-refractivity contribution in [3.63, 3.8) is 0 Å². The Morgan fingerprint density at radius 1 is 0.586 bits per heavy atom. The Balaban J connectivity index is 2.62. The molecule has 0 fully saturated rings. The van der Waals surface area contributed by atoms with Gasteiger partial charge in [0, 0.05) is 18.6 Å². The number of hydrogen-bond acceptors (Lipinski definition) is 8. The average Bonchev–Trinajstić information content (AvgIpc) is 2.77. The van der Waals surface area contributed by atoms with Crippen molar-refractivity contribution in [3.8, 4) is 23.0 Å². The number of benzene rings is 2. The van der Waals surface area contributed by atoms with E-state index in [9.17, 15) is 9.59 Å². The molecular weight excluding hydrogens is 380 g/mol. The first-order valence-electron chi connectivity index (χ1n) is 8.60. The van der Waals surface area contributed by atoms with Crippen molar-refractivity contribution < 1.29 is 38.0 Å². The van der Waals surface area contributed by atoms with E-state index in [1.54, 1.807) is 24.3 Å². The molecule has 0 saturated carbocycles. The molecule has 0 atom stereocenters. The highest BCUT2D eigenvalue weighted by Gasteiger charge is 2.21. The fourth-order valence-electron chi connectivity index (χ4n) is 2.95. The van der Waals surface area contributed by atoms with Gasteiger partial charge in [0.25, 0.3) is 0 Å². The van der Waals surface area contributed by atoms with E-state index in [2.05, 4.69) is 0 Å². The van der Waals surface area contributed by atoms with Gasteiger partial charge in [-0.2, -0.15) is 0 Å². The van der Waals surface area contributed by atoms with Gasteiger partial charge in [0.05, 0.1) is 42.7 Å². The Bertz CT molecular complexity index is 831. The molecule has 0 saturated heterocycles. The number of esters is 2. The van der Waals surface area contributed by atoms with Crippen LogP contribution < -0.4 is 18.9 Å². The van der Waals surface area contributed by atoms with Gasteiger partial charge in [0.1, 0.15) is 34.1 Å². The number of carbonyl (C=O) groups excluding carboxylic acids is 2. The van der Waals surface area contributed by atoms with Crippen molar-refractivity contribution in [3.05, 3.63) is 46.5 Å². The van der Waals surface area contributed by atoms with Crippen LogP contribution in [0.4, 0.5) is 0 Å². The molecule has 0 spiro atoms. The Morgan fingerprint density at radius 3 is 1.21 bits per heavy atom. The molecule has 2 aromatic rings. The van der Waals surface area contributed by atoms with Crippen LogP contribution in [-0.4, -0.2) is 54.6 Å². The lowest BCUT2D eigenvalue weighted by Crippen LogP contribution is -2.08. The maximum absolute atomic E-state index is 12.1. The fourth-order valence-corrected chi connectivity index (χ4v) is 2.95. The van der Waals surface area contributed by atoms with Gasteiger partial charge in [-0.3, -0.25) is 0 Å². The molecule has 156 valence electrons. The lowest BCUT2D eigenvalue weighted by Gasteiger charge is -2.17. The summed E-state index contributed by atoms with van der Waals surface area (Å²) in [4.78, 5) is 24.3. The van der Waals surface area contributed by atoms with E-state index in [0.717, 1.165) is 0 Å². The first-order valence-corrected chi connectivity index (χ1v) is 8.60. The summed E-state index contributed by atoms with van der Waals surface area (Å²) in [5.74, 6) is 0.591. The van der Waals surface area contributed by atoms with Crippen LogP contribution in [0.25, 0.3) is 0 Å². The van der Waals surface area contributed by atoms with Crippen molar-refractivity contribution in [2.24, 2.45) is 0 Å². The third-order valence-corrected chi connectivity index (χ3v) is 4.40. The second-order valence-corrected chi connectivity index (χ2v) is 5.89. The molecule has 2 aromatic carbocycles. The van der Waals surface area contributed by atoms with E-state index in [4.69, 9.17) is 28.4 Å². The third-order valence-electron chi connectivity index (χ3n) is 4.40. The second kappa shape index (κ2) is 9.68. The normalized spacial score (nSPS) is 10.1. The third kappa shape index (κ3) is 4.53. The van der Waals surface area contributed by atoms with E-state index < -0.39 is 11.9 Å². The highest BCUT2D eigenvalue weighted by molar-refractivity contribution is 5.94. The molecule has 0 heterocycles. The van der Waals surface area contributed by atoms with E-state index in [1.807, 2.05) is 0 Å². The molecule has 0 unspecified atom stereocenters. The van der Waals surface area contributed by atoms with Crippen LogP contribution in [0.15, 0.2) is 24.3 Å². The Labute approximate surface area is 169 Å². The van der Waals surface area contributed by atoms with E-state index >= 15 is 0 Å². The van der Waals surface area contributed by atoms with E-state index in [0.29, 0.717) is 40.5 Å². The van der Waals surface area contributed by atoms with Crippen LogP contribution >= 0.6 is 0 Å². The number of methoxy groups -OCH3 is 6. The smallest absolute Gasteiger partial charge is 0.341 e. The van der Waals surface area contributed by atoms with Crippen molar-refractivity contribution in [2.45, 2.75) is 6.42 Å². The molecule has 29 heavy (non-hydrogen) atoms. The summed E-state index contributed by atoms with van der Waals surface area (Å²) >= 11 is 0. The average molecular weight is 404 g/mol. The van der Waals surface area contributed by atoms with Crippen LogP contribution in [0, 0.1) is 0 Å². The maximum Gasteiger partial charge on any atom is 0.341 e. The van der Waals surface area contributed by atoms with Crippen molar-refractivity contribution in [2.75, 3.05) is 42.7 Å². The van der Waals surface area contributed by atoms with Gasteiger partial charge < -0.3 is 28.4 Å². The Hall–Kier alpha value is -3.42. The Kier molecular flexibility index (Phi) is 7.30. The lowest BCUT2D eigenvalue weighted by atomic mass is 9.98. The SMILES string of the molecule is COC(=O)c1cc(Cc2cc(C(=O)OC)c(OC)cc2OC)c(OC)cc1OC. The van der Waals surface area contributed by atoms with Crippen LogP contribution in [-0.2, 0) is 15.9 Å². The van der Waals surface area contributed by atoms with Crippen molar-refractivity contribution in [1.29, 1.82) is 0 Å². The first kappa shape index (κ1) is 21.9. The molecule has 0 aliphatic rings. The number of ether oxygens (including phenoxy) is 6. The minimum absolute atomic E-state index is 0.256. The monoisotopic (exact) mass is 404 g/mol. The number of hydrogen-bond donors (Lipinski definition) is 0. The zero-order chi connectivity index (χ0) is 21.6. The van der Waals surface area contributed by atoms with Crippen LogP contribution in [0.3, 0.4) is 0 Å². The molecule has 0 N–H and O–H groups in total. The standard InChI is InChI=1S/C21H24O8/c1-24-16-10-18(26-3)14(20(22)28-5)8-12(16)7-13-9-15(21(23)29-6)19(27-4)11-17(13)25-2/h8-11H,7H2,1-6H3. The van der Waals surface area contributed by atoms with Crippen LogP contribution in [0.1, 0.15) is 31.8 Å². The summed E-state index contributed by atoms with van der Waals surface area (Å²) in [6.07, 6.45) is 0.300. The predicted octanol–water partition coefficient (Wildman–Crippen LogP) is 2.89. The minimum atomic E-state index is -0.539. The molecular formula is C21H24O8. The fraction of sp³-hybridized carbons (Fsp3) is 0.333. The molecule has 0 aliphatic heterocycles. The topological polar surface area (TPSA) is 89.5 Å². The van der Waals surface area contributed by atoms with Crippen molar-refractivity contribution >= 4 is 11.9 Å². The predicted molar refractivity (Wildman–Crippen MR) is 105 cm³/mol. The van der Waals surface area contributed by atoms with E-state index in [1.165, 1.54) is 42.7 Å². The van der Waals surface area contributed by atoms with Gasteiger partial charge in [-0.1, -0.05) is 0 Å². The quantitative estimate of drug-likeness (QED) is 0.621. The van der Waals surface area contributed by atoms with Gasteiger partial charge >= 0.3 is 11.9 Å². The molecule has 2 rings (SSSR count). The summed E-state index contributed by atoms with van der Waals surface area (Å²) < 4.78 is 31.1. The maximum atomic E-state index is 12.1. The first-order chi connectivity index (χ1) is 13.9. The molecule has 8 nitrogen and oxygen atoms in total. The van der Waals surface area contributed by atoms with Gasteiger partial charge in [0.15, 0.2) is 0 Å². The second-order valence-electron chi connectivity index (χ2n) is 5.89. The van der Waals surface area contributed by atoms with Gasteiger partial charge in [0.2, 0.25) is 0 Å². The molecule has 0 radical (unpaired) electrons. The van der Waals surface area contributed by atoms with Crippen LogP contribution in [0.2, 0.25) is 0 Å². The number of carbonyl (C=O) groups is 2. The van der Waals surface area contributed by atoms with Crippen LogP contribution in [0.5, 0.6) is 23.0 Å². The summed E-state index contributed by atoms with van der Waals surface area (Å²) in [5, 5.41) is 0. The molecule has 0 amide bonds. The number of rotatable bonds is 8. The zero-order valence-corrected chi connectivity index (χ0v) is 17.3. The summed E-state index contributed by atoms with van der Waals surface area (Å²) in [6.45, 7) is 0.